The molecule has 20 heavy (non-hydrogen) atoms. The number of aromatic nitrogens is 2. The quantitative estimate of drug-likeness (QED) is 0.805. The van der Waals surface area contributed by atoms with E-state index in [4.69, 9.17) is 11.6 Å². The van der Waals surface area contributed by atoms with E-state index in [1.54, 1.807) is 16.0 Å². The predicted molar refractivity (Wildman–Crippen MR) is 89.7 cm³/mol. The van der Waals surface area contributed by atoms with Crippen LogP contribution >= 0.6 is 38.9 Å². The van der Waals surface area contributed by atoms with Crippen LogP contribution in [0.2, 0.25) is 5.15 Å². The number of hydrogen-bond donors (Lipinski definition) is 1. The van der Waals surface area contributed by atoms with E-state index in [1.807, 2.05) is 14.0 Å². The van der Waals surface area contributed by atoms with Crippen molar-refractivity contribution < 1.29 is 0 Å². The SMILES string of the molecule is CCCNC(Cc1c(C)nn(C)c1Cl)c1csc(Br)c1. The van der Waals surface area contributed by atoms with Gasteiger partial charge >= 0.3 is 0 Å². The molecule has 0 amide bonds. The van der Waals surface area contributed by atoms with Gasteiger partial charge in [0.2, 0.25) is 0 Å². The van der Waals surface area contributed by atoms with Gasteiger partial charge in [0.1, 0.15) is 5.15 Å². The zero-order valence-corrected chi connectivity index (χ0v) is 15.1. The maximum absolute atomic E-state index is 6.35. The van der Waals surface area contributed by atoms with Crippen LogP contribution < -0.4 is 5.32 Å². The standard InChI is InChI=1S/C14H19BrClN3S/c1-4-5-17-12(10-6-13(15)20-8-10)7-11-9(2)18-19(3)14(11)16/h6,8,12,17H,4-5,7H2,1-3H3. The van der Waals surface area contributed by atoms with E-state index >= 15 is 0 Å². The molecule has 0 aromatic carbocycles. The summed E-state index contributed by atoms with van der Waals surface area (Å²) < 4.78 is 2.90. The average Bonchev–Trinajstić information content (AvgIpc) is 2.93. The van der Waals surface area contributed by atoms with E-state index in [9.17, 15) is 0 Å². The molecule has 0 bridgehead atoms. The Morgan fingerprint density at radius 1 is 1.55 bits per heavy atom. The Hall–Kier alpha value is -0.360. The zero-order valence-electron chi connectivity index (χ0n) is 11.9. The number of aryl methyl sites for hydroxylation is 2. The third kappa shape index (κ3) is 3.64. The topological polar surface area (TPSA) is 29.9 Å². The number of halogens is 2. The van der Waals surface area contributed by atoms with Crippen molar-refractivity contribution in [3.63, 3.8) is 0 Å². The number of rotatable bonds is 6. The van der Waals surface area contributed by atoms with Crippen molar-refractivity contribution >= 4 is 38.9 Å². The smallest absolute Gasteiger partial charge is 0.130 e. The second kappa shape index (κ2) is 7.07. The lowest BCUT2D eigenvalue weighted by Crippen LogP contribution is -2.24. The van der Waals surface area contributed by atoms with Crippen LogP contribution in [0.5, 0.6) is 0 Å². The molecule has 0 radical (unpaired) electrons. The van der Waals surface area contributed by atoms with Crippen LogP contribution in [-0.4, -0.2) is 16.3 Å². The first-order chi connectivity index (χ1) is 9.52. The molecule has 0 spiro atoms. The van der Waals surface area contributed by atoms with Crippen molar-refractivity contribution in [2.75, 3.05) is 6.54 Å². The maximum Gasteiger partial charge on any atom is 0.130 e. The molecule has 3 nitrogen and oxygen atoms in total. The van der Waals surface area contributed by atoms with Gasteiger partial charge < -0.3 is 5.32 Å². The third-order valence-electron chi connectivity index (χ3n) is 3.31. The third-order valence-corrected chi connectivity index (χ3v) is 5.30. The van der Waals surface area contributed by atoms with Gasteiger partial charge in [-0.05, 0) is 59.2 Å². The van der Waals surface area contributed by atoms with Crippen LogP contribution in [0, 0.1) is 6.92 Å². The summed E-state index contributed by atoms with van der Waals surface area (Å²) in [6.07, 6.45) is 1.98. The summed E-state index contributed by atoms with van der Waals surface area (Å²) in [5.74, 6) is 0. The second-order valence-electron chi connectivity index (χ2n) is 4.87. The molecule has 2 heterocycles. The highest BCUT2D eigenvalue weighted by molar-refractivity contribution is 9.11. The Morgan fingerprint density at radius 2 is 2.30 bits per heavy atom. The molecule has 0 saturated heterocycles. The molecule has 2 aromatic heterocycles. The van der Waals surface area contributed by atoms with E-state index in [0.717, 1.165) is 39.6 Å². The number of thiophene rings is 1. The van der Waals surface area contributed by atoms with Crippen molar-refractivity contribution in [1.29, 1.82) is 0 Å². The van der Waals surface area contributed by atoms with E-state index in [0.29, 0.717) is 0 Å². The molecule has 0 saturated carbocycles. The molecule has 0 aliphatic heterocycles. The predicted octanol–water partition coefficient (Wildman–Crippen LogP) is 4.49. The minimum Gasteiger partial charge on any atom is -0.310 e. The molecule has 2 aromatic rings. The van der Waals surface area contributed by atoms with Crippen molar-refractivity contribution in [2.45, 2.75) is 32.7 Å². The van der Waals surface area contributed by atoms with Crippen molar-refractivity contribution in [3.8, 4) is 0 Å². The largest absolute Gasteiger partial charge is 0.310 e. The Bertz CT molecular complexity index is 579. The Labute approximate surface area is 137 Å². The summed E-state index contributed by atoms with van der Waals surface area (Å²) in [7, 11) is 1.88. The Kier molecular flexibility index (Phi) is 5.66. The van der Waals surface area contributed by atoms with Gasteiger partial charge in [-0.25, -0.2) is 0 Å². The van der Waals surface area contributed by atoms with E-state index in [2.05, 4.69) is 44.7 Å². The number of nitrogens with zero attached hydrogens (tertiary/aromatic N) is 2. The molecular weight excluding hydrogens is 358 g/mol. The lowest BCUT2D eigenvalue weighted by Gasteiger charge is -2.17. The van der Waals surface area contributed by atoms with Crippen molar-refractivity contribution in [1.82, 2.24) is 15.1 Å². The lowest BCUT2D eigenvalue weighted by molar-refractivity contribution is 0.529. The van der Waals surface area contributed by atoms with Gasteiger partial charge in [0, 0.05) is 18.7 Å². The summed E-state index contributed by atoms with van der Waals surface area (Å²) in [5.41, 5.74) is 3.44. The number of nitrogens with one attached hydrogen (secondary N) is 1. The first kappa shape index (κ1) is 16.0. The van der Waals surface area contributed by atoms with Crippen molar-refractivity contribution in [3.05, 3.63) is 37.2 Å². The summed E-state index contributed by atoms with van der Waals surface area (Å²) in [6.45, 7) is 5.19. The van der Waals surface area contributed by atoms with E-state index in [1.165, 1.54) is 5.56 Å². The first-order valence-electron chi connectivity index (χ1n) is 6.68. The molecular formula is C14H19BrClN3S. The zero-order chi connectivity index (χ0) is 14.7. The molecule has 110 valence electrons. The van der Waals surface area contributed by atoms with E-state index in [-0.39, 0.29) is 6.04 Å². The van der Waals surface area contributed by atoms with Crippen LogP contribution in [0.3, 0.4) is 0 Å². The van der Waals surface area contributed by atoms with Crippen LogP contribution in [0.25, 0.3) is 0 Å². The van der Waals surface area contributed by atoms with Gasteiger partial charge in [-0.15, -0.1) is 11.3 Å². The molecule has 0 fully saturated rings. The van der Waals surface area contributed by atoms with Gasteiger partial charge in [-0.1, -0.05) is 18.5 Å². The lowest BCUT2D eigenvalue weighted by atomic mass is 10.0. The van der Waals surface area contributed by atoms with E-state index < -0.39 is 0 Å². The summed E-state index contributed by atoms with van der Waals surface area (Å²) in [4.78, 5) is 0. The highest BCUT2D eigenvalue weighted by atomic mass is 79.9. The Balaban J connectivity index is 2.23. The first-order valence-corrected chi connectivity index (χ1v) is 8.73. The minimum atomic E-state index is 0.276. The Morgan fingerprint density at radius 3 is 2.80 bits per heavy atom. The molecule has 0 aliphatic rings. The molecule has 0 aliphatic carbocycles. The molecule has 1 N–H and O–H groups in total. The molecule has 1 unspecified atom stereocenters. The van der Waals surface area contributed by atoms with Crippen LogP contribution in [0.15, 0.2) is 15.2 Å². The normalized spacial score (nSPS) is 12.8. The maximum atomic E-state index is 6.35. The second-order valence-corrected chi connectivity index (χ2v) is 7.52. The van der Waals surface area contributed by atoms with Gasteiger partial charge in [0.25, 0.3) is 0 Å². The van der Waals surface area contributed by atoms with Crippen LogP contribution in [0.1, 0.15) is 36.2 Å². The van der Waals surface area contributed by atoms with Gasteiger partial charge in [0.15, 0.2) is 0 Å². The van der Waals surface area contributed by atoms with Gasteiger partial charge in [-0.3, -0.25) is 4.68 Å². The summed E-state index contributed by atoms with van der Waals surface area (Å²) in [6, 6.07) is 2.45. The minimum absolute atomic E-state index is 0.276. The van der Waals surface area contributed by atoms with Crippen LogP contribution in [-0.2, 0) is 13.5 Å². The molecule has 2 rings (SSSR count). The fraction of sp³-hybridized carbons (Fsp3) is 0.500. The average molecular weight is 377 g/mol. The summed E-state index contributed by atoms with van der Waals surface area (Å²) in [5, 5.41) is 10.9. The number of hydrogen-bond acceptors (Lipinski definition) is 3. The fourth-order valence-corrected chi connectivity index (χ4v) is 3.72. The molecule has 6 heteroatoms. The van der Waals surface area contributed by atoms with Gasteiger partial charge in [0.05, 0.1) is 9.48 Å². The van der Waals surface area contributed by atoms with Crippen LogP contribution in [0.4, 0.5) is 0 Å². The van der Waals surface area contributed by atoms with Gasteiger partial charge in [-0.2, -0.15) is 5.10 Å². The highest BCUT2D eigenvalue weighted by Gasteiger charge is 2.19. The summed E-state index contributed by atoms with van der Waals surface area (Å²) >= 11 is 11.6. The molecule has 1 atom stereocenters. The fourth-order valence-electron chi connectivity index (χ4n) is 2.24. The monoisotopic (exact) mass is 375 g/mol. The highest BCUT2D eigenvalue weighted by Crippen LogP contribution is 2.30. The van der Waals surface area contributed by atoms with Crippen molar-refractivity contribution in [2.24, 2.45) is 7.05 Å².